The summed E-state index contributed by atoms with van der Waals surface area (Å²) in [4.78, 5) is 27.3. The zero-order valence-electron chi connectivity index (χ0n) is 17.4. The van der Waals surface area contributed by atoms with Gasteiger partial charge in [-0.05, 0) is 16.3 Å². The standard InChI is InChI=1S/C24H25NO6/c1-29-15-17-13-21(26)23(28)24(31-17)20(14-22(27)25-9-11-30-12-10-25)19-8-4-6-16-5-2-3-7-18(16)19/h2-8,13,20,28H,9-12,14-15H2,1H3/t20-/m0/s1. The summed E-state index contributed by atoms with van der Waals surface area (Å²) in [6.07, 6.45) is 0.0565. The van der Waals surface area contributed by atoms with E-state index in [1.807, 2.05) is 42.5 Å². The molecule has 1 aliphatic heterocycles. The molecule has 0 radical (unpaired) electrons. The zero-order valence-corrected chi connectivity index (χ0v) is 17.4. The van der Waals surface area contributed by atoms with E-state index in [0.717, 1.165) is 16.3 Å². The minimum Gasteiger partial charge on any atom is -0.502 e. The van der Waals surface area contributed by atoms with Gasteiger partial charge in [0, 0.05) is 32.7 Å². The van der Waals surface area contributed by atoms with Gasteiger partial charge in [0.15, 0.2) is 5.76 Å². The summed E-state index contributed by atoms with van der Waals surface area (Å²) >= 11 is 0. The first-order valence-corrected chi connectivity index (χ1v) is 10.3. The lowest BCUT2D eigenvalue weighted by Crippen LogP contribution is -2.41. The second kappa shape index (κ2) is 9.32. The van der Waals surface area contributed by atoms with Gasteiger partial charge in [-0.2, -0.15) is 0 Å². The first kappa shape index (κ1) is 21.1. The summed E-state index contributed by atoms with van der Waals surface area (Å²) in [5.41, 5.74) is 0.255. The van der Waals surface area contributed by atoms with Crippen LogP contribution in [0.5, 0.6) is 5.75 Å². The predicted molar refractivity (Wildman–Crippen MR) is 115 cm³/mol. The number of nitrogens with zero attached hydrogens (tertiary/aromatic N) is 1. The number of carbonyl (C=O) groups is 1. The van der Waals surface area contributed by atoms with E-state index in [-0.39, 0.29) is 24.7 Å². The maximum Gasteiger partial charge on any atom is 0.227 e. The number of hydrogen-bond acceptors (Lipinski definition) is 6. The van der Waals surface area contributed by atoms with Crippen LogP contribution in [-0.2, 0) is 20.9 Å². The van der Waals surface area contributed by atoms with Crippen LogP contribution in [0.1, 0.15) is 29.4 Å². The van der Waals surface area contributed by atoms with Crippen molar-refractivity contribution >= 4 is 16.7 Å². The molecule has 2 heterocycles. The Kier molecular flexibility index (Phi) is 6.34. The normalized spacial score (nSPS) is 15.2. The maximum absolute atomic E-state index is 13.1. The summed E-state index contributed by atoms with van der Waals surface area (Å²) in [5.74, 6) is -0.819. The van der Waals surface area contributed by atoms with Crippen molar-refractivity contribution in [3.8, 4) is 5.75 Å². The number of fused-ring (bicyclic) bond motifs is 1. The van der Waals surface area contributed by atoms with Crippen LogP contribution in [0.15, 0.2) is 57.7 Å². The van der Waals surface area contributed by atoms with Gasteiger partial charge in [0.1, 0.15) is 12.4 Å². The number of rotatable bonds is 6. The Hall–Kier alpha value is -3.16. The lowest BCUT2D eigenvalue weighted by Gasteiger charge is -2.29. The lowest BCUT2D eigenvalue weighted by atomic mass is 9.88. The molecule has 0 spiro atoms. The Balaban J connectivity index is 1.83. The van der Waals surface area contributed by atoms with Gasteiger partial charge in [0.05, 0.1) is 19.1 Å². The molecule has 0 unspecified atom stereocenters. The van der Waals surface area contributed by atoms with E-state index < -0.39 is 17.1 Å². The van der Waals surface area contributed by atoms with Crippen molar-refractivity contribution in [1.82, 2.24) is 4.90 Å². The van der Waals surface area contributed by atoms with Gasteiger partial charge in [0.2, 0.25) is 17.1 Å². The minimum atomic E-state index is -0.633. The number of benzene rings is 2. The average molecular weight is 423 g/mol. The third kappa shape index (κ3) is 4.47. The molecule has 0 bridgehead atoms. The molecule has 0 aliphatic carbocycles. The highest BCUT2D eigenvalue weighted by molar-refractivity contribution is 5.88. The fourth-order valence-corrected chi connectivity index (χ4v) is 4.02. The predicted octanol–water partition coefficient (Wildman–Crippen LogP) is 3.03. The summed E-state index contributed by atoms with van der Waals surface area (Å²) in [5, 5.41) is 12.6. The van der Waals surface area contributed by atoms with E-state index in [1.54, 1.807) is 4.90 Å². The SMILES string of the molecule is COCc1cc(=O)c(O)c([C@@H](CC(=O)N2CCOCC2)c2cccc3ccccc23)o1. The molecule has 1 aliphatic rings. The Labute approximate surface area is 179 Å². The third-order valence-corrected chi connectivity index (χ3v) is 5.54. The highest BCUT2D eigenvalue weighted by atomic mass is 16.5. The molecule has 0 saturated carbocycles. The molecule has 1 saturated heterocycles. The molecule has 1 fully saturated rings. The van der Waals surface area contributed by atoms with Gasteiger partial charge >= 0.3 is 0 Å². The van der Waals surface area contributed by atoms with E-state index in [2.05, 4.69) is 0 Å². The fraction of sp³-hybridized carbons (Fsp3) is 0.333. The summed E-state index contributed by atoms with van der Waals surface area (Å²) in [7, 11) is 1.50. The van der Waals surface area contributed by atoms with Crippen molar-refractivity contribution in [2.75, 3.05) is 33.4 Å². The number of amides is 1. The zero-order chi connectivity index (χ0) is 21.8. The van der Waals surface area contributed by atoms with Crippen LogP contribution in [0, 0.1) is 0 Å². The summed E-state index contributed by atoms with van der Waals surface area (Å²) in [6, 6.07) is 14.8. The molecular weight excluding hydrogens is 398 g/mol. The second-order valence-corrected chi connectivity index (χ2v) is 7.54. The molecule has 1 amide bonds. The molecule has 3 aromatic rings. The topological polar surface area (TPSA) is 89.2 Å². The van der Waals surface area contributed by atoms with Gasteiger partial charge in [-0.25, -0.2) is 0 Å². The molecule has 7 nitrogen and oxygen atoms in total. The Morgan fingerprint density at radius 1 is 1.16 bits per heavy atom. The highest BCUT2D eigenvalue weighted by Gasteiger charge is 2.29. The highest BCUT2D eigenvalue weighted by Crippen LogP contribution is 2.37. The molecule has 1 atom stereocenters. The number of aromatic hydroxyl groups is 1. The molecule has 162 valence electrons. The van der Waals surface area contributed by atoms with Crippen LogP contribution in [0.3, 0.4) is 0 Å². The van der Waals surface area contributed by atoms with Crippen molar-refractivity contribution in [1.29, 1.82) is 0 Å². The van der Waals surface area contributed by atoms with Crippen LogP contribution in [0.4, 0.5) is 0 Å². The van der Waals surface area contributed by atoms with Gasteiger partial charge in [0.25, 0.3) is 0 Å². The summed E-state index contributed by atoms with van der Waals surface area (Å²) in [6.45, 7) is 2.10. The first-order chi connectivity index (χ1) is 15.1. The summed E-state index contributed by atoms with van der Waals surface area (Å²) < 4.78 is 16.4. The lowest BCUT2D eigenvalue weighted by molar-refractivity contribution is -0.135. The third-order valence-electron chi connectivity index (χ3n) is 5.54. The Morgan fingerprint density at radius 2 is 1.90 bits per heavy atom. The fourth-order valence-electron chi connectivity index (χ4n) is 4.02. The van der Waals surface area contributed by atoms with E-state index in [9.17, 15) is 14.7 Å². The molecule has 4 rings (SSSR count). The van der Waals surface area contributed by atoms with Crippen LogP contribution < -0.4 is 5.43 Å². The van der Waals surface area contributed by atoms with E-state index in [4.69, 9.17) is 13.9 Å². The number of hydrogen-bond donors (Lipinski definition) is 1. The molecule has 7 heteroatoms. The van der Waals surface area contributed by atoms with E-state index in [0.29, 0.717) is 32.1 Å². The van der Waals surface area contributed by atoms with E-state index in [1.165, 1.54) is 13.2 Å². The maximum atomic E-state index is 13.1. The van der Waals surface area contributed by atoms with Crippen molar-refractivity contribution in [3.05, 3.63) is 75.8 Å². The van der Waals surface area contributed by atoms with Gasteiger partial charge in [-0.3, -0.25) is 9.59 Å². The quantitative estimate of drug-likeness (QED) is 0.656. The monoisotopic (exact) mass is 423 g/mol. The van der Waals surface area contributed by atoms with Gasteiger partial charge < -0.3 is 23.9 Å². The number of methoxy groups -OCH3 is 1. The van der Waals surface area contributed by atoms with E-state index >= 15 is 0 Å². The van der Waals surface area contributed by atoms with Crippen molar-refractivity contribution in [2.45, 2.75) is 18.9 Å². The van der Waals surface area contributed by atoms with Crippen molar-refractivity contribution in [2.24, 2.45) is 0 Å². The first-order valence-electron chi connectivity index (χ1n) is 10.3. The minimum absolute atomic E-state index is 0.0565. The van der Waals surface area contributed by atoms with Crippen LogP contribution in [0.25, 0.3) is 10.8 Å². The van der Waals surface area contributed by atoms with Crippen molar-refractivity contribution in [3.63, 3.8) is 0 Å². The number of morpholine rings is 1. The van der Waals surface area contributed by atoms with Crippen LogP contribution in [0.2, 0.25) is 0 Å². The van der Waals surface area contributed by atoms with Crippen LogP contribution in [-0.4, -0.2) is 49.3 Å². The molecule has 2 aromatic carbocycles. The molecule has 1 aromatic heterocycles. The van der Waals surface area contributed by atoms with Gasteiger partial charge in [-0.1, -0.05) is 42.5 Å². The smallest absolute Gasteiger partial charge is 0.227 e. The van der Waals surface area contributed by atoms with Crippen molar-refractivity contribution < 1.29 is 23.8 Å². The largest absolute Gasteiger partial charge is 0.502 e. The molecular formula is C24H25NO6. The molecule has 31 heavy (non-hydrogen) atoms. The molecule has 1 N–H and O–H groups in total. The van der Waals surface area contributed by atoms with Gasteiger partial charge in [-0.15, -0.1) is 0 Å². The number of ether oxygens (including phenoxy) is 2. The average Bonchev–Trinajstić information content (AvgIpc) is 2.80. The Bertz CT molecular complexity index is 1130. The number of carbonyl (C=O) groups excluding carboxylic acids is 1. The Morgan fingerprint density at radius 3 is 2.68 bits per heavy atom. The second-order valence-electron chi connectivity index (χ2n) is 7.54. The van der Waals surface area contributed by atoms with Crippen LogP contribution >= 0.6 is 0 Å².